The van der Waals surface area contributed by atoms with Gasteiger partial charge in [0.15, 0.2) is 11.0 Å². The van der Waals surface area contributed by atoms with Crippen molar-refractivity contribution in [3.05, 3.63) is 64.9 Å². The number of methoxy groups -OCH3 is 1. The van der Waals surface area contributed by atoms with Crippen LogP contribution in [0.1, 0.15) is 29.1 Å². The summed E-state index contributed by atoms with van der Waals surface area (Å²) < 4.78 is 6.86. The normalized spacial score (nSPS) is 11.6. The van der Waals surface area contributed by atoms with Gasteiger partial charge in [-0.1, -0.05) is 29.4 Å². The summed E-state index contributed by atoms with van der Waals surface area (Å²) in [6.07, 6.45) is 0. The third-order valence-electron chi connectivity index (χ3n) is 4.65. The van der Waals surface area contributed by atoms with Crippen LogP contribution in [0, 0.1) is 0 Å². The van der Waals surface area contributed by atoms with Crippen LogP contribution in [-0.2, 0) is 11.3 Å². The van der Waals surface area contributed by atoms with Crippen LogP contribution in [0.5, 0.6) is 5.75 Å². The summed E-state index contributed by atoms with van der Waals surface area (Å²) in [5, 5.41) is 24.8. The number of benzene rings is 2. The number of rotatable bonds is 10. The molecule has 0 radical (unpaired) electrons. The zero-order valence-electron chi connectivity index (χ0n) is 18.1. The molecule has 0 unspecified atom stereocenters. The first kappa shape index (κ1) is 24.6. The minimum atomic E-state index is -0.762. The number of aromatic nitrogens is 3. The number of amides is 2. The molecule has 1 aromatic heterocycles. The minimum absolute atomic E-state index is 0.104. The molecule has 9 nitrogen and oxygen atoms in total. The molecule has 0 fully saturated rings. The van der Waals surface area contributed by atoms with Gasteiger partial charge >= 0.3 is 0 Å². The summed E-state index contributed by atoms with van der Waals surface area (Å²) >= 11 is 7.15. The molecule has 3 N–H and O–H groups in total. The summed E-state index contributed by atoms with van der Waals surface area (Å²) in [4.78, 5) is 24.9. The third kappa shape index (κ3) is 6.47. The van der Waals surface area contributed by atoms with Crippen LogP contribution in [0.4, 0.5) is 5.69 Å². The van der Waals surface area contributed by atoms with E-state index in [4.69, 9.17) is 16.3 Å². The van der Waals surface area contributed by atoms with Crippen LogP contribution in [0.3, 0.4) is 0 Å². The lowest BCUT2D eigenvalue weighted by Gasteiger charge is -2.17. The fourth-order valence-electron chi connectivity index (χ4n) is 3.03. The maximum Gasteiger partial charge on any atom is 0.251 e. The van der Waals surface area contributed by atoms with E-state index in [-0.39, 0.29) is 24.2 Å². The van der Waals surface area contributed by atoms with E-state index < -0.39 is 6.04 Å². The van der Waals surface area contributed by atoms with Crippen LogP contribution < -0.4 is 15.4 Å². The van der Waals surface area contributed by atoms with Gasteiger partial charge in [-0.05, 0) is 49.4 Å². The summed E-state index contributed by atoms with van der Waals surface area (Å²) in [5.41, 5.74) is 1.02. The van der Waals surface area contributed by atoms with Crippen molar-refractivity contribution in [3.63, 3.8) is 0 Å². The topological polar surface area (TPSA) is 118 Å². The summed E-state index contributed by atoms with van der Waals surface area (Å²) in [6.45, 7) is 2.03. The molecule has 174 valence electrons. The number of ether oxygens (including phenoxy) is 1. The molecule has 2 aromatic carbocycles. The van der Waals surface area contributed by atoms with Crippen molar-refractivity contribution in [2.45, 2.75) is 24.7 Å². The molecule has 0 bridgehead atoms. The second kappa shape index (κ2) is 11.7. The first-order valence-corrected chi connectivity index (χ1v) is 11.5. The van der Waals surface area contributed by atoms with Gasteiger partial charge in [0.25, 0.3) is 5.91 Å². The minimum Gasteiger partial charge on any atom is -0.497 e. The molecule has 1 atom stereocenters. The van der Waals surface area contributed by atoms with E-state index in [2.05, 4.69) is 20.8 Å². The molecule has 33 heavy (non-hydrogen) atoms. The average Bonchev–Trinajstić information content (AvgIpc) is 3.23. The van der Waals surface area contributed by atoms with Crippen molar-refractivity contribution >= 4 is 40.9 Å². The van der Waals surface area contributed by atoms with Gasteiger partial charge in [-0.15, -0.1) is 10.2 Å². The maximum atomic E-state index is 12.6. The first-order chi connectivity index (χ1) is 15.9. The molecule has 0 saturated heterocycles. The van der Waals surface area contributed by atoms with Crippen molar-refractivity contribution in [3.8, 4) is 5.75 Å². The molecule has 3 rings (SSSR count). The number of thioether (sulfide) groups is 1. The average molecular weight is 490 g/mol. The van der Waals surface area contributed by atoms with Crippen LogP contribution in [0.15, 0.2) is 53.7 Å². The number of carbonyl (C=O) groups excluding carboxylic acids is 2. The highest BCUT2D eigenvalue weighted by Gasteiger charge is 2.23. The first-order valence-electron chi connectivity index (χ1n) is 10.1. The number of carbonyl (C=O) groups is 2. The van der Waals surface area contributed by atoms with E-state index in [0.717, 1.165) is 0 Å². The van der Waals surface area contributed by atoms with E-state index in [1.807, 2.05) is 6.92 Å². The van der Waals surface area contributed by atoms with Gasteiger partial charge in [0, 0.05) is 22.8 Å². The predicted octanol–water partition coefficient (Wildman–Crippen LogP) is 3.15. The molecule has 3 aromatic rings. The Kier molecular flexibility index (Phi) is 8.70. The molecular weight excluding hydrogens is 466 g/mol. The van der Waals surface area contributed by atoms with Crippen molar-refractivity contribution in [2.24, 2.45) is 0 Å². The monoisotopic (exact) mass is 489 g/mol. The Hall–Kier alpha value is -3.08. The number of halogens is 1. The molecule has 0 saturated carbocycles. The van der Waals surface area contributed by atoms with E-state index >= 15 is 0 Å². The van der Waals surface area contributed by atoms with Gasteiger partial charge in [0.2, 0.25) is 5.91 Å². The highest BCUT2D eigenvalue weighted by atomic mass is 35.5. The Labute approximate surface area is 200 Å². The molecule has 1 heterocycles. The van der Waals surface area contributed by atoms with Crippen molar-refractivity contribution in [1.82, 2.24) is 20.1 Å². The van der Waals surface area contributed by atoms with Crippen LogP contribution in [0.25, 0.3) is 0 Å². The third-order valence-corrected chi connectivity index (χ3v) is 5.86. The highest BCUT2D eigenvalue weighted by Crippen LogP contribution is 2.22. The van der Waals surface area contributed by atoms with Gasteiger partial charge in [0.05, 0.1) is 19.5 Å². The molecule has 11 heteroatoms. The Morgan fingerprint density at radius 2 is 1.97 bits per heavy atom. The number of nitrogens with one attached hydrogen (secondary N) is 2. The van der Waals surface area contributed by atoms with Crippen LogP contribution >= 0.6 is 23.4 Å². The Morgan fingerprint density at radius 1 is 1.21 bits per heavy atom. The van der Waals surface area contributed by atoms with E-state index in [9.17, 15) is 14.7 Å². The molecule has 0 aliphatic heterocycles. The highest BCUT2D eigenvalue weighted by molar-refractivity contribution is 7.99. The number of hydrogen-bond donors (Lipinski definition) is 3. The number of aliphatic hydroxyl groups excluding tert-OH is 1. The fraction of sp³-hybridized carbons (Fsp3) is 0.273. The molecule has 0 spiro atoms. The quantitative estimate of drug-likeness (QED) is 0.374. The zero-order chi connectivity index (χ0) is 23.8. The molecule has 2 amide bonds. The lowest BCUT2D eigenvalue weighted by Crippen LogP contribution is -2.32. The van der Waals surface area contributed by atoms with Gasteiger partial charge in [-0.2, -0.15) is 0 Å². The second-order valence-electron chi connectivity index (χ2n) is 6.87. The molecular formula is C22H24ClN5O4S. The number of hydrogen-bond acceptors (Lipinski definition) is 7. The number of anilines is 1. The van der Waals surface area contributed by atoms with Gasteiger partial charge < -0.3 is 25.0 Å². The Balaban J connectivity index is 1.65. The van der Waals surface area contributed by atoms with E-state index in [0.29, 0.717) is 39.5 Å². The predicted molar refractivity (Wildman–Crippen MR) is 127 cm³/mol. The zero-order valence-corrected chi connectivity index (χ0v) is 19.7. The van der Waals surface area contributed by atoms with Crippen molar-refractivity contribution in [2.75, 3.05) is 24.8 Å². The van der Waals surface area contributed by atoms with E-state index in [1.165, 1.54) is 11.8 Å². The largest absolute Gasteiger partial charge is 0.497 e. The molecule has 0 aliphatic rings. The number of nitrogens with zero attached hydrogens (tertiary/aromatic N) is 3. The lowest BCUT2D eigenvalue weighted by atomic mass is 10.2. The van der Waals surface area contributed by atoms with Gasteiger partial charge in [-0.25, -0.2) is 0 Å². The van der Waals surface area contributed by atoms with Gasteiger partial charge in [0.1, 0.15) is 11.8 Å². The van der Waals surface area contributed by atoms with Gasteiger partial charge in [-0.3, -0.25) is 9.59 Å². The van der Waals surface area contributed by atoms with Crippen LogP contribution in [0.2, 0.25) is 5.02 Å². The summed E-state index contributed by atoms with van der Waals surface area (Å²) in [5.74, 6) is 0.558. The fourth-order valence-corrected chi connectivity index (χ4v) is 4.03. The SMILES string of the molecule is CCn1c(SCC(=O)Nc2cccc(Cl)c2)nnc1[C@H](CO)NC(=O)c1ccc(OC)cc1. The molecule has 0 aliphatic carbocycles. The summed E-state index contributed by atoms with van der Waals surface area (Å²) in [7, 11) is 1.55. The second-order valence-corrected chi connectivity index (χ2v) is 8.25. The lowest BCUT2D eigenvalue weighted by molar-refractivity contribution is -0.113. The van der Waals surface area contributed by atoms with Crippen molar-refractivity contribution < 1.29 is 19.4 Å². The summed E-state index contributed by atoms with van der Waals surface area (Å²) in [6, 6.07) is 12.7. The standard InChI is InChI=1S/C22H24ClN5O4S/c1-3-28-20(18(12-29)25-21(31)14-7-9-17(32-2)10-8-14)26-27-22(28)33-13-19(30)24-16-6-4-5-15(23)11-16/h4-11,18,29H,3,12-13H2,1-2H3,(H,24,30)(H,25,31)/t18-/m0/s1. The number of aliphatic hydroxyl groups is 1. The van der Waals surface area contributed by atoms with Crippen molar-refractivity contribution in [1.29, 1.82) is 0 Å². The Bertz CT molecular complexity index is 1110. The van der Waals surface area contributed by atoms with Crippen LogP contribution in [-0.4, -0.2) is 51.2 Å². The maximum absolute atomic E-state index is 12.6. The smallest absolute Gasteiger partial charge is 0.251 e. The van der Waals surface area contributed by atoms with E-state index in [1.54, 1.807) is 60.2 Å². The Morgan fingerprint density at radius 3 is 2.61 bits per heavy atom.